The van der Waals surface area contributed by atoms with Crippen LogP contribution in [0.2, 0.25) is 0 Å². The fraction of sp³-hybridized carbons (Fsp3) is 0.308. The maximum absolute atomic E-state index is 12.4. The Balaban J connectivity index is 2.12. The van der Waals surface area contributed by atoms with Crippen LogP contribution >= 0.6 is 0 Å². The largest absolute Gasteiger partial charge is 0.341 e. The Bertz CT molecular complexity index is 676. The van der Waals surface area contributed by atoms with Gasteiger partial charge in [0.05, 0.1) is 4.90 Å². The third kappa shape index (κ3) is 3.27. The second kappa shape index (κ2) is 5.90. The van der Waals surface area contributed by atoms with E-state index in [0.717, 1.165) is 17.7 Å². The van der Waals surface area contributed by atoms with E-state index in [0.29, 0.717) is 24.4 Å². The predicted octanol–water partition coefficient (Wildman–Crippen LogP) is 1.54. The van der Waals surface area contributed by atoms with Crippen molar-refractivity contribution in [3.05, 3.63) is 35.4 Å². The summed E-state index contributed by atoms with van der Waals surface area (Å²) in [5.41, 5.74) is 1.95. The lowest BCUT2D eigenvalue weighted by molar-refractivity contribution is -0.112. The molecule has 1 aromatic rings. The zero-order valence-corrected chi connectivity index (χ0v) is 12.0. The summed E-state index contributed by atoms with van der Waals surface area (Å²) in [5.74, 6) is -3.76. The van der Waals surface area contributed by atoms with Gasteiger partial charge in [0.15, 0.2) is 0 Å². The molecule has 8 heteroatoms. The van der Waals surface area contributed by atoms with E-state index in [4.69, 9.17) is 0 Å². The van der Waals surface area contributed by atoms with Crippen LogP contribution in [0.1, 0.15) is 6.92 Å². The van der Waals surface area contributed by atoms with E-state index in [1.54, 1.807) is 6.92 Å². The number of carbonyl (C=O) groups is 1. The van der Waals surface area contributed by atoms with Crippen LogP contribution in [0.25, 0.3) is 0 Å². The van der Waals surface area contributed by atoms with Gasteiger partial charge < -0.3 is 10.6 Å². The molecule has 2 N–H and O–H groups in total. The van der Waals surface area contributed by atoms with Crippen LogP contribution in [-0.2, 0) is 14.6 Å². The number of nitrogens with one attached hydrogen (secondary N) is 2. The van der Waals surface area contributed by atoms with E-state index in [1.807, 2.05) is 0 Å². The Morgan fingerprint density at radius 1 is 1.24 bits per heavy atom. The second-order valence-electron chi connectivity index (χ2n) is 4.62. The van der Waals surface area contributed by atoms with Crippen LogP contribution in [0.5, 0.6) is 0 Å². The quantitative estimate of drug-likeness (QED) is 0.826. The Labute approximate surface area is 121 Å². The van der Waals surface area contributed by atoms with Crippen LogP contribution in [0.15, 0.2) is 40.3 Å². The number of anilines is 1. The lowest BCUT2D eigenvalue weighted by Gasteiger charge is -2.21. The molecule has 21 heavy (non-hydrogen) atoms. The van der Waals surface area contributed by atoms with Gasteiger partial charge in [-0.1, -0.05) is 0 Å². The molecule has 1 aliphatic heterocycles. The number of benzene rings is 1. The number of hydrogen-bond acceptors (Lipinski definition) is 4. The zero-order chi connectivity index (χ0) is 15.6. The Morgan fingerprint density at radius 3 is 2.24 bits per heavy atom. The van der Waals surface area contributed by atoms with E-state index in [9.17, 15) is 22.0 Å². The van der Waals surface area contributed by atoms with Crippen molar-refractivity contribution < 1.29 is 22.0 Å². The van der Waals surface area contributed by atoms with Gasteiger partial charge in [-0.2, -0.15) is 8.78 Å². The number of halogens is 2. The molecule has 0 atom stereocenters. The average Bonchev–Trinajstić information content (AvgIpc) is 2.37. The minimum atomic E-state index is -4.61. The molecule has 1 aliphatic rings. The van der Waals surface area contributed by atoms with E-state index in [2.05, 4.69) is 10.6 Å². The molecule has 0 unspecified atom stereocenters. The van der Waals surface area contributed by atoms with Crippen molar-refractivity contribution in [3.63, 3.8) is 0 Å². The summed E-state index contributed by atoms with van der Waals surface area (Å²) in [6, 6.07) is 4.66. The minimum absolute atomic E-state index is 0.295. The molecule has 0 bridgehead atoms. The molecule has 1 fully saturated rings. The molecule has 2 rings (SSSR count). The van der Waals surface area contributed by atoms with E-state index >= 15 is 0 Å². The maximum atomic E-state index is 12.4. The second-order valence-corrected chi connectivity index (χ2v) is 6.53. The lowest BCUT2D eigenvalue weighted by Crippen LogP contribution is -2.36. The highest BCUT2D eigenvalue weighted by Crippen LogP contribution is 2.20. The van der Waals surface area contributed by atoms with Gasteiger partial charge in [0.25, 0.3) is 5.91 Å². The zero-order valence-electron chi connectivity index (χ0n) is 11.2. The van der Waals surface area contributed by atoms with Crippen molar-refractivity contribution in [3.8, 4) is 0 Å². The van der Waals surface area contributed by atoms with Gasteiger partial charge in [-0.25, -0.2) is 8.42 Å². The number of hydrogen-bond donors (Lipinski definition) is 2. The summed E-state index contributed by atoms with van der Waals surface area (Å²) in [4.78, 5) is 11.4. The van der Waals surface area contributed by atoms with Gasteiger partial charge in [0.2, 0.25) is 9.84 Å². The minimum Gasteiger partial charge on any atom is -0.322 e. The molecule has 114 valence electrons. The first-order chi connectivity index (χ1) is 9.82. The summed E-state index contributed by atoms with van der Waals surface area (Å²) in [6.07, 6.45) is 0. The van der Waals surface area contributed by atoms with Gasteiger partial charge in [-0.15, -0.1) is 0 Å². The molecule has 1 heterocycles. The molecule has 0 radical (unpaired) electrons. The molecular weight excluding hydrogens is 302 g/mol. The van der Waals surface area contributed by atoms with Crippen LogP contribution in [0.4, 0.5) is 14.5 Å². The molecular formula is C13H14F2N2O3S. The van der Waals surface area contributed by atoms with Gasteiger partial charge in [-0.3, -0.25) is 4.79 Å². The summed E-state index contributed by atoms with van der Waals surface area (Å²) in [5, 5.41) is 5.61. The van der Waals surface area contributed by atoms with Gasteiger partial charge >= 0.3 is 5.76 Å². The molecule has 0 aliphatic carbocycles. The highest BCUT2D eigenvalue weighted by molar-refractivity contribution is 7.91. The third-order valence-corrected chi connectivity index (χ3v) is 4.62. The number of sulfone groups is 1. The monoisotopic (exact) mass is 316 g/mol. The predicted molar refractivity (Wildman–Crippen MR) is 73.8 cm³/mol. The van der Waals surface area contributed by atoms with Gasteiger partial charge in [-0.05, 0) is 36.8 Å². The van der Waals surface area contributed by atoms with Crippen molar-refractivity contribution in [2.24, 2.45) is 0 Å². The number of amides is 1. The Hall–Kier alpha value is -1.80. The normalized spacial score (nSPS) is 14.8. The first-order valence-corrected chi connectivity index (χ1v) is 7.70. The lowest BCUT2D eigenvalue weighted by atomic mass is 10.0. The molecule has 1 aromatic carbocycles. The topological polar surface area (TPSA) is 75.3 Å². The van der Waals surface area contributed by atoms with E-state index in [-0.39, 0.29) is 5.91 Å². The summed E-state index contributed by atoms with van der Waals surface area (Å²) >= 11 is 0. The van der Waals surface area contributed by atoms with Crippen molar-refractivity contribution in [1.82, 2.24) is 5.32 Å². The standard InChI is InChI=1S/C13H14F2N2O3S/c1-8(9-6-16-7-9)12(18)17-10-2-4-11(5-3-10)21(19,20)13(14)15/h2-5,13,16H,6-7H2,1H3,(H,17,18). The summed E-state index contributed by atoms with van der Waals surface area (Å²) in [7, 11) is -4.61. The van der Waals surface area contributed by atoms with E-state index < -0.39 is 20.5 Å². The Kier molecular flexibility index (Phi) is 4.38. The van der Waals surface area contributed by atoms with Crippen molar-refractivity contribution >= 4 is 21.4 Å². The Morgan fingerprint density at radius 2 is 1.81 bits per heavy atom. The summed E-state index contributed by atoms with van der Waals surface area (Å²) in [6.45, 7) is 3.04. The van der Waals surface area contributed by atoms with Crippen LogP contribution < -0.4 is 10.6 Å². The number of rotatable bonds is 4. The first-order valence-electron chi connectivity index (χ1n) is 6.15. The van der Waals surface area contributed by atoms with Crippen molar-refractivity contribution in [1.29, 1.82) is 0 Å². The van der Waals surface area contributed by atoms with E-state index in [1.165, 1.54) is 12.1 Å². The first kappa shape index (κ1) is 15.6. The number of carbonyl (C=O) groups excluding carboxylic acids is 1. The average molecular weight is 316 g/mol. The molecule has 1 saturated heterocycles. The fourth-order valence-electron chi connectivity index (χ4n) is 1.73. The molecule has 0 aromatic heterocycles. The van der Waals surface area contributed by atoms with Crippen LogP contribution in [0.3, 0.4) is 0 Å². The SMILES string of the molecule is CC(C(=O)Nc1ccc(S(=O)(=O)C(F)F)cc1)=C1CNC1. The molecule has 1 amide bonds. The van der Waals surface area contributed by atoms with Crippen LogP contribution in [-0.4, -0.2) is 33.2 Å². The highest BCUT2D eigenvalue weighted by atomic mass is 32.2. The highest BCUT2D eigenvalue weighted by Gasteiger charge is 2.26. The van der Waals surface area contributed by atoms with Crippen molar-refractivity contribution in [2.75, 3.05) is 18.4 Å². The molecule has 0 spiro atoms. The summed E-state index contributed by atoms with van der Waals surface area (Å²) < 4.78 is 47.3. The molecule has 5 nitrogen and oxygen atoms in total. The maximum Gasteiger partial charge on any atom is 0.341 e. The van der Waals surface area contributed by atoms with Gasteiger partial charge in [0, 0.05) is 24.4 Å². The van der Waals surface area contributed by atoms with Crippen LogP contribution in [0, 0.1) is 0 Å². The third-order valence-electron chi connectivity index (χ3n) is 3.22. The van der Waals surface area contributed by atoms with Gasteiger partial charge in [0.1, 0.15) is 0 Å². The smallest absolute Gasteiger partial charge is 0.322 e. The fourth-order valence-corrected chi connectivity index (χ4v) is 2.45. The number of alkyl halides is 2. The van der Waals surface area contributed by atoms with Crippen molar-refractivity contribution in [2.45, 2.75) is 17.6 Å². The molecule has 0 saturated carbocycles.